The number of aliphatic hydroxyl groups excluding tert-OH is 1. The van der Waals surface area contributed by atoms with Crippen LogP contribution in [0.15, 0.2) is 0 Å². The van der Waals surface area contributed by atoms with Gasteiger partial charge in [0, 0.05) is 19.0 Å². The summed E-state index contributed by atoms with van der Waals surface area (Å²) < 4.78 is 0. The third kappa shape index (κ3) is 4.70. The minimum absolute atomic E-state index is 0.0424. The van der Waals surface area contributed by atoms with Crippen molar-refractivity contribution in [3.05, 3.63) is 0 Å². The molecular formula is C17H30N2O3. The molecular weight excluding hydrogens is 280 g/mol. The van der Waals surface area contributed by atoms with Gasteiger partial charge in [0.05, 0.1) is 6.10 Å². The van der Waals surface area contributed by atoms with Crippen molar-refractivity contribution in [2.75, 3.05) is 7.05 Å². The van der Waals surface area contributed by atoms with E-state index in [0.29, 0.717) is 0 Å². The van der Waals surface area contributed by atoms with Gasteiger partial charge in [-0.3, -0.25) is 9.59 Å². The van der Waals surface area contributed by atoms with Gasteiger partial charge in [0.1, 0.15) is 6.04 Å². The van der Waals surface area contributed by atoms with Crippen LogP contribution in [0.2, 0.25) is 0 Å². The standard InChI is InChI=1S/C17H30N2O3/c1-12(20)15(18-16(21)13-10-11-13)17(22)19(2)14-8-6-4-3-5-7-9-14/h12-15,20H,3-11H2,1-2H3,(H,18,21). The van der Waals surface area contributed by atoms with Gasteiger partial charge in [-0.05, 0) is 32.6 Å². The van der Waals surface area contributed by atoms with E-state index in [4.69, 9.17) is 0 Å². The SMILES string of the molecule is CC(O)C(NC(=O)C1CC1)C(=O)N(C)C1CCCCCCC1. The zero-order valence-corrected chi connectivity index (χ0v) is 13.9. The second kappa shape index (κ2) is 7.95. The summed E-state index contributed by atoms with van der Waals surface area (Å²) in [6, 6.07) is -0.588. The predicted octanol–water partition coefficient (Wildman–Crippen LogP) is 1.83. The Morgan fingerprint density at radius 3 is 2.09 bits per heavy atom. The topological polar surface area (TPSA) is 69.6 Å². The molecule has 2 N–H and O–H groups in total. The van der Waals surface area contributed by atoms with E-state index in [9.17, 15) is 14.7 Å². The van der Waals surface area contributed by atoms with Crippen molar-refractivity contribution in [3.63, 3.8) is 0 Å². The van der Waals surface area contributed by atoms with E-state index in [0.717, 1.165) is 38.5 Å². The van der Waals surface area contributed by atoms with Crippen LogP contribution in [0, 0.1) is 5.92 Å². The first-order valence-electron chi connectivity index (χ1n) is 8.76. The van der Waals surface area contributed by atoms with Gasteiger partial charge < -0.3 is 15.3 Å². The summed E-state index contributed by atoms with van der Waals surface area (Å²) in [7, 11) is 1.81. The fourth-order valence-corrected chi connectivity index (χ4v) is 3.23. The van der Waals surface area contributed by atoms with Crippen LogP contribution in [0.4, 0.5) is 0 Å². The third-order valence-electron chi connectivity index (χ3n) is 4.96. The van der Waals surface area contributed by atoms with Crippen LogP contribution < -0.4 is 5.32 Å². The monoisotopic (exact) mass is 310 g/mol. The molecule has 0 saturated heterocycles. The van der Waals surface area contributed by atoms with E-state index in [1.807, 2.05) is 7.05 Å². The lowest BCUT2D eigenvalue weighted by molar-refractivity contribution is -0.140. The molecule has 2 amide bonds. The Kier molecular flexibility index (Phi) is 6.24. The Hall–Kier alpha value is -1.10. The van der Waals surface area contributed by atoms with E-state index in [1.54, 1.807) is 11.8 Å². The average Bonchev–Trinajstić information content (AvgIpc) is 3.27. The van der Waals surface area contributed by atoms with E-state index < -0.39 is 12.1 Å². The van der Waals surface area contributed by atoms with Crippen molar-refractivity contribution in [1.82, 2.24) is 10.2 Å². The first kappa shape index (κ1) is 17.3. The summed E-state index contributed by atoms with van der Waals surface area (Å²) in [4.78, 5) is 26.4. The maximum atomic E-state index is 12.7. The number of rotatable bonds is 5. The lowest BCUT2D eigenvalue weighted by Gasteiger charge is -2.33. The van der Waals surface area contributed by atoms with Gasteiger partial charge in [0.15, 0.2) is 0 Å². The fourth-order valence-electron chi connectivity index (χ4n) is 3.23. The van der Waals surface area contributed by atoms with Crippen LogP contribution in [0.3, 0.4) is 0 Å². The largest absolute Gasteiger partial charge is 0.391 e. The number of amides is 2. The lowest BCUT2D eigenvalue weighted by atomic mass is 9.95. The van der Waals surface area contributed by atoms with E-state index >= 15 is 0 Å². The number of nitrogens with one attached hydrogen (secondary N) is 1. The molecule has 5 heteroatoms. The maximum Gasteiger partial charge on any atom is 0.247 e. The Balaban J connectivity index is 1.96. The molecule has 0 aromatic rings. The molecule has 5 nitrogen and oxygen atoms in total. The molecule has 2 atom stereocenters. The van der Waals surface area contributed by atoms with Crippen LogP contribution in [0.1, 0.15) is 64.7 Å². The highest BCUT2D eigenvalue weighted by Crippen LogP contribution is 2.29. The molecule has 2 unspecified atom stereocenters. The third-order valence-corrected chi connectivity index (χ3v) is 4.96. The van der Waals surface area contributed by atoms with Crippen molar-refractivity contribution in [2.24, 2.45) is 5.92 Å². The molecule has 0 bridgehead atoms. The number of carbonyl (C=O) groups excluding carboxylic acids is 2. The van der Waals surface area contributed by atoms with Crippen molar-refractivity contribution >= 4 is 11.8 Å². The summed E-state index contributed by atoms with van der Waals surface area (Å²) in [5.41, 5.74) is 0. The molecule has 0 aromatic heterocycles. The Morgan fingerprint density at radius 2 is 1.59 bits per heavy atom. The second-order valence-electron chi connectivity index (χ2n) is 6.95. The van der Waals surface area contributed by atoms with E-state index in [1.165, 1.54) is 19.3 Å². The van der Waals surface area contributed by atoms with Crippen molar-refractivity contribution in [2.45, 2.75) is 82.9 Å². The fraction of sp³-hybridized carbons (Fsp3) is 0.882. The summed E-state index contributed by atoms with van der Waals surface area (Å²) in [6.07, 6.45) is 9.01. The smallest absolute Gasteiger partial charge is 0.247 e. The highest BCUT2D eigenvalue weighted by atomic mass is 16.3. The molecule has 2 fully saturated rings. The van der Waals surface area contributed by atoms with E-state index in [-0.39, 0.29) is 23.8 Å². The molecule has 22 heavy (non-hydrogen) atoms. The van der Waals surface area contributed by atoms with Crippen LogP contribution in [-0.2, 0) is 9.59 Å². The Labute approximate surface area is 133 Å². The van der Waals surface area contributed by atoms with Crippen LogP contribution >= 0.6 is 0 Å². The number of hydrogen-bond acceptors (Lipinski definition) is 3. The minimum Gasteiger partial charge on any atom is -0.391 e. The van der Waals surface area contributed by atoms with Gasteiger partial charge in [0.25, 0.3) is 0 Å². The summed E-state index contributed by atoms with van der Waals surface area (Å²) in [5.74, 6) is -0.208. The summed E-state index contributed by atoms with van der Waals surface area (Å²) in [6.45, 7) is 1.57. The molecule has 2 aliphatic rings. The predicted molar refractivity (Wildman–Crippen MR) is 85.2 cm³/mol. The number of nitrogens with zero attached hydrogens (tertiary/aromatic N) is 1. The lowest BCUT2D eigenvalue weighted by Crippen LogP contribution is -2.55. The zero-order valence-electron chi connectivity index (χ0n) is 13.9. The molecule has 2 rings (SSSR count). The van der Waals surface area contributed by atoms with E-state index in [2.05, 4.69) is 5.32 Å². The Morgan fingerprint density at radius 1 is 1.05 bits per heavy atom. The van der Waals surface area contributed by atoms with Gasteiger partial charge in [-0.15, -0.1) is 0 Å². The summed E-state index contributed by atoms with van der Waals surface area (Å²) >= 11 is 0. The number of aliphatic hydroxyl groups is 1. The molecule has 126 valence electrons. The maximum absolute atomic E-state index is 12.7. The zero-order chi connectivity index (χ0) is 16.1. The summed E-state index contributed by atoms with van der Waals surface area (Å²) in [5, 5.41) is 12.7. The molecule has 0 radical (unpaired) electrons. The van der Waals surface area contributed by atoms with Gasteiger partial charge in [0.2, 0.25) is 11.8 Å². The molecule has 2 saturated carbocycles. The highest BCUT2D eigenvalue weighted by molar-refractivity contribution is 5.89. The Bertz CT molecular complexity index is 385. The first-order chi connectivity index (χ1) is 10.5. The van der Waals surface area contributed by atoms with Crippen LogP contribution in [-0.4, -0.2) is 47.1 Å². The normalized spacial score (nSPS) is 23.0. The minimum atomic E-state index is -0.869. The number of carbonyl (C=O) groups is 2. The first-order valence-corrected chi connectivity index (χ1v) is 8.76. The van der Waals surface area contributed by atoms with Crippen molar-refractivity contribution in [3.8, 4) is 0 Å². The number of likely N-dealkylation sites (N-methyl/N-ethyl adjacent to an activating group) is 1. The second-order valence-corrected chi connectivity index (χ2v) is 6.95. The van der Waals surface area contributed by atoms with Gasteiger partial charge in [-0.1, -0.05) is 32.1 Å². The van der Waals surface area contributed by atoms with Gasteiger partial charge in [-0.25, -0.2) is 0 Å². The van der Waals surface area contributed by atoms with Crippen LogP contribution in [0.5, 0.6) is 0 Å². The van der Waals surface area contributed by atoms with Gasteiger partial charge >= 0.3 is 0 Å². The number of hydrogen-bond donors (Lipinski definition) is 2. The molecule has 0 spiro atoms. The van der Waals surface area contributed by atoms with Crippen LogP contribution in [0.25, 0.3) is 0 Å². The van der Waals surface area contributed by atoms with Crippen molar-refractivity contribution < 1.29 is 14.7 Å². The highest BCUT2D eigenvalue weighted by Gasteiger charge is 2.36. The molecule has 0 heterocycles. The molecule has 0 aromatic carbocycles. The quantitative estimate of drug-likeness (QED) is 0.814. The molecule has 0 aliphatic heterocycles. The molecule has 2 aliphatic carbocycles. The van der Waals surface area contributed by atoms with Crippen molar-refractivity contribution in [1.29, 1.82) is 0 Å². The average molecular weight is 310 g/mol. The van der Waals surface area contributed by atoms with Gasteiger partial charge in [-0.2, -0.15) is 0 Å².